The van der Waals surface area contributed by atoms with E-state index in [1.807, 2.05) is 18.7 Å². The van der Waals surface area contributed by atoms with Crippen LogP contribution in [0.2, 0.25) is 0 Å². The van der Waals surface area contributed by atoms with Crippen LogP contribution >= 0.6 is 0 Å². The molecule has 1 N–H and O–H groups in total. The number of hydrogen-bond acceptors (Lipinski definition) is 3. The number of hydrogen-bond donors (Lipinski definition) is 1. The molecule has 6 heteroatoms. The lowest BCUT2D eigenvalue weighted by molar-refractivity contribution is 0.105. The fraction of sp³-hybridized carbons (Fsp3) is 0.500. The summed E-state index contributed by atoms with van der Waals surface area (Å²) < 4.78 is 28.3. The molecule has 1 aromatic carbocycles. The van der Waals surface area contributed by atoms with Gasteiger partial charge in [0.25, 0.3) is 0 Å². The monoisotopic (exact) mass is 335 g/mol. The molecule has 1 aliphatic rings. The molecule has 1 aromatic heterocycles. The van der Waals surface area contributed by atoms with Crippen LogP contribution in [-0.2, 0) is 7.05 Å². The highest BCUT2D eigenvalue weighted by Gasteiger charge is 2.31. The van der Waals surface area contributed by atoms with Crippen molar-refractivity contribution in [3.8, 4) is 0 Å². The number of aliphatic hydroxyl groups is 1. The molecule has 0 bridgehead atoms. The normalized spacial score (nSPS) is 19.8. The number of rotatable bonds is 4. The predicted octanol–water partition coefficient (Wildman–Crippen LogP) is 3.19. The molecule has 0 radical (unpaired) electrons. The molecule has 1 fully saturated rings. The van der Waals surface area contributed by atoms with Crippen molar-refractivity contribution in [1.82, 2.24) is 14.7 Å². The molecule has 4 nitrogen and oxygen atoms in total. The summed E-state index contributed by atoms with van der Waals surface area (Å²) in [4.78, 5) is 2.21. The van der Waals surface area contributed by atoms with E-state index in [-0.39, 0.29) is 6.04 Å². The van der Waals surface area contributed by atoms with Crippen molar-refractivity contribution in [2.24, 2.45) is 7.05 Å². The summed E-state index contributed by atoms with van der Waals surface area (Å²) in [6.07, 6.45) is 1.21. The number of nitrogens with zero attached hydrogens (tertiary/aromatic N) is 3. The molecule has 130 valence electrons. The second kappa shape index (κ2) is 6.61. The van der Waals surface area contributed by atoms with E-state index in [4.69, 9.17) is 0 Å². The lowest BCUT2D eigenvalue weighted by atomic mass is 10.0. The van der Waals surface area contributed by atoms with Crippen molar-refractivity contribution in [3.63, 3.8) is 0 Å². The molecular formula is C18H23F2N3O. The fourth-order valence-electron chi connectivity index (χ4n) is 3.69. The SMILES string of the molecule is Cc1nn(C)c(C)c1[C@H]1CCCN1C[C@@H](O)c1ccc(F)c(F)c1. The Morgan fingerprint density at radius 3 is 2.67 bits per heavy atom. The molecular weight excluding hydrogens is 312 g/mol. The van der Waals surface area contributed by atoms with E-state index in [0.29, 0.717) is 12.1 Å². The summed E-state index contributed by atoms with van der Waals surface area (Å²) in [6, 6.07) is 3.78. The summed E-state index contributed by atoms with van der Waals surface area (Å²) in [5, 5.41) is 14.9. The Balaban J connectivity index is 1.79. The van der Waals surface area contributed by atoms with Gasteiger partial charge in [-0.1, -0.05) is 6.07 Å². The van der Waals surface area contributed by atoms with Crippen LogP contribution in [0.5, 0.6) is 0 Å². The third-order valence-electron chi connectivity index (χ3n) is 5.00. The smallest absolute Gasteiger partial charge is 0.159 e. The molecule has 0 unspecified atom stereocenters. The van der Waals surface area contributed by atoms with E-state index in [1.54, 1.807) is 0 Å². The third kappa shape index (κ3) is 3.08. The van der Waals surface area contributed by atoms with Crippen LogP contribution in [0.15, 0.2) is 18.2 Å². The molecule has 2 heterocycles. The van der Waals surface area contributed by atoms with Gasteiger partial charge in [-0.2, -0.15) is 5.10 Å². The molecule has 1 saturated heterocycles. The van der Waals surface area contributed by atoms with Crippen LogP contribution in [0.25, 0.3) is 0 Å². The first kappa shape index (κ1) is 17.0. The maximum absolute atomic E-state index is 13.4. The van der Waals surface area contributed by atoms with Crippen LogP contribution < -0.4 is 0 Å². The van der Waals surface area contributed by atoms with Gasteiger partial charge < -0.3 is 5.11 Å². The first-order chi connectivity index (χ1) is 11.4. The Hall–Kier alpha value is -1.79. The number of aryl methyl sites for hydroxylation is 2. The van der Waals surface area contributed by atoms with Crippen LogP contribution in [0.4, 0.5) is 8.78 Å². The molecule has 24 heavy (non-hydrogen) atoms. The molecule has 2 atom stereocenters. The highest BCUT2D eigenvalue weighted by atomic mass is 19.2. The van der Waals surface area contributed by atoms with Crippen molar-refractivity contribution >= 4 is 0 Å². The number of benzene rings is 1. The summed E-state index contributed by atoms with van der Waals surface area (Å²) in [7, 11) is 1.93. The number of aromatic nitrogens is 2. The van der Waals surface area contributed by atoms with Crippen molar-refractivity contribution in [3.05, 3.63) is 52.3 Å². The molecule has 0 spiro atoms. The Morgan fingerprint density at radius 2 is 2.04 bits per heavy atom. The molecule has 0 amide bonds. The predicted molar refractivity (Wildman–Crippen MR) is 87.5 cm³/mol. The highest BCUT2D eigenvalue weighted by Crippen LogP contribution is 2.36. The average molecular weight is 335 g/mol. The lowest BCUT2D eigenvalue weighted by Gasteiger charge is -2.27. The largest absolute Gasteiger partial charge is 0.387 e. The zero-order valence-corrected chi connectivity index (χ0v) is 14.3. The molecule has 0 saturated carbocycles. The van der Waals surface area contributed by atoms with Crippen molar-refractivity contribution in [1.29, 1.82) is 0 Å². The second-order valence-electron chi connectivity index (χ2n) is 6.55. The number of likely N-dealkylation sites (tertiary alicyclic amines) is 1. The molecule has 0 aliphatic carbocycles. The minimum absolute atomic E-state index is 0.207. The number of aliphatic hydroxyl groups excluding tert-OH is 1. The van der Waals surface area contributed by atoms with E-state index in [2.05, 4.69) is 16.9 Å². The summed E-state index contributed by atoms with van der Waals surface area (Å²) in [5.41, 5.74) is 3.76. The van der Waals surface area contributed by atoms with Gasteiger partial charge in [0.1, 0.15) is 0 Å². The summed E-state index contributed by atoms with van der Waals surface area (Å²) in [5.74, 6) is -1.82. The van der Waals surface area contributed by atoms with E-state index in [9.17, 15) is 13.9 Å². The number of halogens is 2. The van der Waals surface area contributed by atoms with Gasteiger partial charge in [-0.15, -0.1) is 0 Å². The van der Waals surface area contributed by atoms with Crippen molar-refractivity contribution < 1.29 is 13.9 Å². The number of β-amino-alcohol motifs (C(OH)–C–C–N with tert-alkyl or cyclic N) is 1. The van der Waals surface area contributed by atoms with Gasteiger partial charge in [0.15, 0.2) is 11.6 Å². The minimum Gasteiger partial charge on any atom is -0.387 e. The Morgan fingerprint density at radius 1 is 1.29 bits per heavy atom. The second-order valence-corrected chi connectivity index (χ2v) is 6.55. The summed E-state index contributed by atoms with van der Waals surface area (Å²) in [6.45, 7) is 5.32. The van der Waals surface area contributed by atoms with Gasteiger partial charge in [-0.05, 0) is 50.9 Å². The standard InChI is InChI=1S/C18H23F2N3O/c1-11-18(12(2)22(3)21-11)16-5-4-8-23(16)10-17(24)13-6-7-14(19)15(20)9-13/h6-7,9,16-17,24H,4-5,8,10H2,1-3H3/t16-,17-/m1/s1. The molecule has 3 rings (SSSR count). The Labute approximate surface area is 140 Å². The van der Waals surface area contributed by atoms with Crippen LogP contribution in [0.3, 0.4) is 0 Å². The Kier molecular flexibility index (Phi) is 4.69. The maximum atomic E-state index is 13.4. The van der Waals surface area contributed by atoms with Gasteiger partial charge in [-0.3, -0.25) is 9.58 Å². The fourth-order valence-corrected chi connectivity index (χ4v) is 3.69. The van der Waals surface area contributed by atoms with E-state index in [0.717, 1.165) is 42.9 Å². The first-order valence-electron chi connectivity index (χ1n) is 8.25. The highest BCUT2D eigenvalue weighted by molar-refractivity contribution is 5.29. The van der Waals surface area contributed by atoms with Crippen molar-refractivity contribution in [2.45, 2.75) is 38.8 Å². The van der Waals surface area contributed by atoms with Gasteiger partial charge in [0.05, 0.1) is 11.8 Å². The third-order valence-corrected chi connectivity index (χ3v) is 5.00. The van der Waals surface area contributed by atoms with Gasteiger partial charge in [-0.25, -0.2) is 8.78 Å². The van der Waals surface area contributed by atoms with E-state index >= 15 is 0 Å². The van der Waals surface area contributed by atoms with Gasteiger partial charge >= 0.3 is 0 Å². The zero-order valence-electron chi connectivity index (χ0n) is 14.3. The first-order valence-corrected chi connectivity index (χ1v) is 8.25. The van der Waals surface area contributed by atoms with Crippen LogP contribution in [0.1, 0.15) is 47.5 Å². The Bertz CT molecular complexity index is 744. The topological polar surface area (TPSA) is 41.3 Å². The molecule has 1 aliphatic heterocycles. The average Bonchev–Trinajstić information content (AvgIpc) is 3.07. The zero-order chi connectivity index (χ0) is 17.4. The van der Waals surface area contributed by atoms with Gasteiger partial charge in [0.2, 0.25) is 0 Å². The van der Waals surface area contributed by atoms with Crippen LogP contribution in [0, 0.1) is 25.5 Å². The van der Waals surface area contributed by atoms with Crippen LogP contribution in [-0.4, -0.2) is 32.9 Å². The van der Waals surface area contributed by atoms with E-state index < -0.39 is 17.7 Å². The molecule has 2 aromatic rings. The van der Waals surface area contributed by atoms with Gasteiger partial charge in [0, 0.05) is 30.9 Å². The minimum atomic E-state index is -0.927. The van der Waals surface area contributed by atoms with Crippen molar-refractivity contribution in [2.75, 3.05) is 13.1 Å². The maximum Gasteiger partial charge on any atom is 0.159 e. The quantitative estimate of drug-likeness (QED) is 0.933. The van der Waals surface area contributed by atoms with E-state index in [1.165, 1.54) is 11.6 Å². The lowest BCUT2D eigenvalue weighted by Crippen LogP contribution is -2.29. The summed E-state index contributed by atoms with van der Waals surface area (Å²) >= 11 is 0.